The predicted octanol–water partition coefficient (Wildman–Crippen LogP) is 3.99. The lowest BCUT2D eigenvalue weighted by atomic mass is 9.92. The quantitative estimate of drug-likeness (QED) is 0.445. The van der Waals surface area contributed by atoms with E-state index in [9.17, 15) is 14.8 Å². The van der Waals surface area contributed by atoms with Crippen LogP contribution in [-0.2, 0) is 9.59 Å². The molecule has 3 heterocycles. The van der Waals surface area contributed by atoms with Crippen LogP contribution in [0.5, 0.6) is 0 Å². The number of nitrogens with zero attached hydrogens (tertiary/aromatic N) is 4. The summed E-state index contributed by atoms with van der Waals surface area (Å²) in [6, 6.07) is 7.73. The van der Waals surface area contributed by atoms with E-state index in [1.807, 2.05) is 46.2 Å². The van der Waals surface area contributed by atoms with Crippen molar-refractivity contribution in [2.24, 2.45) is 5.92 Å². The predicted molar refractivity (Wildman–Crippen MR) is 141 cm³/mol. The number of rotatable bonds is 3. The SMILES string of the molecule is CC(=O)N1CCC(CC(=O)N2CCN([C@H]3c4ccc(Cl)cc4C=Cc4cc(Br)c[n+](O)c43)CC2)CC1. The minimum atomic E-state index is -0.173. The molecule has 1 aromatic heterocycles. The van der Waals surface area contributed by atoms with Gasteiger partial charge in [-0.1, -0.05) is 23.7 Å². The Morgan fingerprint density at radius 2 is 1.72 bits per heavy atom. The van der Waals surface area contributed by atoms with Crippen molar-refractivity contribution < 1.29 is 19.5 Å². The molecule has 1 atom stereocenters. The maximum Gasteiger partial charge on any atom is 0.262 e. The summed E-state index contributed by atoms with van der Waals surface area (Å²) in [5.41, 5.74) is 3.83. The van der Waals surface area contributed by atoms with E-state index in [4.69, 9.17) is 11.6 Å². The molecule has 190 valence electrons. The monoisotopic (exact) mass is 573 g/mol. The van der Waals surface area contributed by atoms with Crippen LogP contribution in [-0.4, -0.2) is 71.0 Å². The molecule has 0 saturated carbocycles. The number of hydrogen-bond donors (Lipinski definition) is 1. The smallest absolute Gasteiger partial charge is 0.262 e. The molecule has 3 aliphatic rings. The molecule has 9 heteroatoms. The molecule has 0 bridgehead atoms. The number of carbonyl (C=O) groups excluding carboxylic acids is 2. The fourth-order valence-electron chi connectivity index (χ4n) is 5.69. The summed E-state index contributed by atoms with van der Waals surface area (Å²) < 4.78 is 2.00. The van der Waals surface area contributed by atoms with Gasteiger partial charge in [0.25, 0.3) is 5.69 Å². The first kappa shape index (κ1) is 25.2. The topological polar surface area (TPSA) is 68.0 Å². The summed E-state index contributed by atoms with van der Waals surface area (Å²) in [6.45, 7) is 5.81. The third-order valence-electron chi connectivity index (χ3n) is 7.68. The highest BCUT2D eigenvalue weighted by Gasteiger charge is 2.38. The number of hydrogen-bond acceptors (Lipinski definition) is 4. The minimum absolute atomic E-state index is 0.117. The second-order valence-electron chi connectivity index (χ2n) is 9.92. The Hall–Kier alpha value is -2.42. The summed E-state index contributed by atoms with van der Waals surface area (Å²) in [4.78, 5) is 30.9. The third kappa shape index (κ3) is 5.17. The molecule has 2 saturated heterocycles. The van der Waals surface area contributed by atoms with E-state index in [0.717, 1.165) is 52.8 Å². The lowest BCUT2D eigenvalue weighted by molar-refractivity contribution is -0.911. The van der Waals surface area contributed by atoms with E-state index in [2.05, 4.69) is 20.8 Å². The van der Waals surface area contributed by atoms with E-state index in [1.165, 1.54) is 4.73 Å². The van der Waals surface area contributed by atoms with Gasteiger partial charge < -0.3 is 9.80 Å². The number of aromatic nitrogens is 1. The van der Waals surface area contributed by atoms with E-state index in [-0.39, 0.29) is 17.9 Å². The molecule has 2 aromatic rings. The molecule has 1 aliphatic carbocycles. The summed E-state index contributed by atoms with van der Waals surface area (Å²) in [6.07, 6.45) is 8.06. The normalized spacial score (nSPS) is 20.6. The summed E-state index contributed by atoms with van der Waals surface area (Å²) in [5.74, 6) is 0.660. The van der Waals surface area contributed by atoms with Gasteiger partial charge in [-0.3, -0.25) is 19.7 Å². The van der Waals surface area contributed by atoms with Crippen LogP contribution >= 0.6 is 27.5 Å². The highest BCUT2D eigenvalue weighted by Crippen LogP contribution is 2.37. The van der Waals surface area contributed by atoms with Crippen LogP contribution in [0.15, 0.2) is 34.9 Å². The van der Waals surface area contributed by atoms with Gasteiger partial charge >= 0.3 is 0 Å². The maximum absolute atomic E-state index is 13.1. The number of halogens is 2. The molecule has 0 radical (unpaired) electrons. The number of piperazine rings is 1. The van der Waals surface area contributed by atoms with Gasteiger partial charge in [-0.25, -0.2) is 0 Å². The average Bonchev–Trinajstić information content (AvgIpc) is 3.01. The van der Waals surface area contributed by atoms with Crippen LogP contribution in [0.25, 0.3) is 12.2 Å². The summed E-state index contributed by atoms with van der Waals surface area (Å²) in [7, 11) is 0. The Labute approximate surface area is 225 Å². The second-order valence-corrected chi connectivity index (χ2v) is 11.3. The van der Waals surface area contributed by atoms with Crippen LogP contribution in [0.2, 0.25) is 5.02 Å². The van der Waals surface area contributed by atoms with E-state index >= 15 is 0 Å². The molecule has 5 rings (SSSR count). The first-order chi connectivity index (χ1) is 17.3. The second kappa shape index (κ2) is 10.5. The number of likely N-dealkylation sites (tertiary alicyclic amines) is 1. The van der Waals surface area contributed by atoms with Crippen molar-refractivity contribution in [1.29, 1.82) is 0 Å². The molecule has 0 unspecified atom stereocenters. The molecule has 0 spiro atoms. The van der Waals surface area contributed by atoms with Crippen molar-refractivity contribution in [2.45, 2.75) is 32.2 Å². The Morgan fingerprint density at radius 3 is 2.42 bits per heavy atom. The van der Waals surface area contributed by atoms with Gasteiger partial charge in [0.05, 0.1) is 4.47 Å². The van der Waals surface area contributed by atoms with Crippen LogP contribution in [0.1, 0.15) is 54.6 Å². The average molecular weight is 575 g/mol. The van der Waals surface area contributed by atoms with Crippen LogP contribution in [0, 0.1) is 5.92 Å². The largest absolute Gasteiger partial charge is 0.343 e. The highest BCUT2D eigenvalue weighted by atomic mass is 79.9. The van der Waals surface area contributed by atoms with Gasteiger partial charge in [-0.15, -0.1) is 0 Å². The van der Waals surface area contributed by atoms with E-state index in [1.54, 1.807) is 13.1 Å². The third-order valence-corrected chi connectivity index (χ3v) is 8.35. The van der Waals surface area contributed by atoms with E-state index < -0.39 is 0 Å². The zero-order chi connectivity index (χ0) is 25.4. The fourth-order valence-corrected chi connectivity index (χ4v) is 6.31. The van der Waals surface area contributed by atoms with Crippen molar-refractivity contribution in [3.63, 3.8) is 0 Å². The minimum Gasteiger partial charge on any atom is -0.343 e. The Bertz CT molecular complexity index is 1200. The van der Waals surface area contributed by atoms with Gasteiger partial charge in [-0.05, 0) is 70.1 Å². The zero-order valence-electron chi connectivity index (χ0n) is 20.4. The van der Waals surface area contributed by atoms with Crippen LogP contribution in [0.4, 0.5) is 0 Å². The summed E-state index contributed by atoms with van der Waals surface area (Å²) in [5, 5.41) is 11.6. The molecule has 36 heavy (non-hydrogen) atoms. The van der Waals surface area contributed by atoms with Crippen LogP contribution in [0.3, 0.4) is 0 Å². The van der Waals surface area contributed by atoms with Gasteiger partial charge in [0.2, 0.25) is 18.0 Å². The molecular formula is C27H31BrClN4O3+. The van der Waals surface area contributed by atoms with Gasteiger partial charge in [0, 0.05) is 67.9 Å². The number of fused-ring (bicyclic) bond motifs is 2. The van der Waals surface area contributed by atoms with Gasteiger partial charge in [0.15, 0.2) is 0 Å². The zero-order valence-corrected chi connectivity index (χ0v) is 22.7. The molecule has 7 nitrogen and oxygen atoms in total. The number of piperidine rings is 1. The molecular weight excluding hydrogens is 544 g/mol. The molecule has 2 fully saturated rings. The van der Waals surface area contributed by atoms with Crippen molar-refractivity contribution >= 4 is 51.5 Å². The Balaban J connectivity index is 1.31. The lowest BCUT2D eigenvalue weighted by Gasteiger charge is -2.39. The fraction of sp³-hybridized carbons (Fsp3) is 0.444. The van der Waals surface area contributed by atoms with Crippen molar-refractivity contribution in [1.82, 2.24) is 14.7 Å². The van der Waals surface area contributed by atoms with E-state index in [0.29, 0.717) is 43.5 Å². The molecule has 1 aromatic carbocycles. The number of benzene rings is 1. The van der Waals surface area contributed by atoms with Crippen molar-refractivity contribution in [3.8, 4) is 0 Å². The lowest BCUT2D eigenvalue weighted by Crippen LogP contribution is -2.52. The standard InChI is InChI=1S/C27H31BrClN4O3/c1-18(34)30-8-6-19(7-9-30)14-25(35)31-10-12-32(13-11-31)27-24-5-4-23(29)16-20(24)2-3-21-15-22(28)17-33(36)26(21)27/h2-5,15-17,19,27,36H,6-14H2,1H3/q+1/t27-/m0/s1. The number of carbonyl (C=O) groups is 2. The first-order valence-electron chi connectivity index (χ1n) is 12.5. The van der Waals surface area contributed by atoms with Crippen LogP contribution < -0.4 is 4.73 Å². The Morgan fingerprint density at radius 1 is 1.03 bits per heavy atom. The summed E-state index contributed by atoms with van der Waals surface area (Å²) >= 11 is 9.81. The van der Waals surface area contributed by atoms with Gasteiger partial charge in [0.1, 0.15) is 6.04 Å². The molecule has 2 aliphatic heterocycles. The first-order valence-corrected chi connectivity index (χ1v) is 13.7. The number of pyridine rings is 1. The highest BCUT2D eigenvalue weighted by molar-refractivity contribution is 9.10. The molecule has 2 amide bonds. The van der Waals surface area contributed by atoms with Gasteiger partial charge in [-0.2, -0.15) is 0 Å². The van der Waals surface area contributed by atoms with Crippen molar-refractivity contribution in [2.75, 3.05) is 39.3 Å². The molecule has 1 N–H and O–H groups in total. The Kier molecular flexibility index (Phi) is 7.37. The van der Waals surface area contributed by atoms with Crippen molar-refractivity contribution in [3.05, 3.63) is 62.3 Å². The maximum atomic E-state index is 13.1. The number of amides is 2.